The smallest absolute Gasteiger partial charge is 0.305 e. The third kappa shape index (κ3) is 3.53. The number of aryl methyl sites for hydroxylation is 1. The van der Waals surface area contributed by atoms with E-state index in [0.29, 0.717) is 5.56 Å². The molecular weight excluding hydrogens is 233 g/mol. The Bertz CT molecular complexity index is 416. The highest BCUT2D eigenvalue weighted by molar-refractivity contribution is 5.68. The lowest BCUT2D eigenvalue weighted by Crippen LogP contribution is -2.30. The molecule has 0 radical (unpaired) electrons. The molecule has 1 aromatic carbocycles. The van der Waals surface area contributed by atoms with Crippen molar-refractivity contribution < 1.29 is 14.3 Å². The molecule has 0 heterocycles. The van der Waals surface area contributed by atoms with Gasteiger partial charge in [0.05, 0.1) is 6.42 Å². The molecule has 0 aliphatic heterocycles. The molecule has 0 saturated carbocycles. The minimum absolute atomic E-state index is 0.00974. The summed E-state index contributed by atoms with van der Waals surface area (Å²) in [6, 6.07) is 4.68. The Labute approximate surface area is 107 Å². The zero-order valence-corrected chi connectivity index (χ0v) is 11.1. The number of halogens is 1. The maximum Gasteiger partial charge on any atom is 0.305 e. The molecule has 0 bridgehead atoms. The summed E-state index contributed by atoms with van der Waals surface area (Å²) >= 11 is 0. The number of rotatable bonds is 6. The van der Waals surface area contributed by atoms with E-state index in [1.54, 1.807) is 13.0 Å². The van der Waals surface area contributed by atoms with Crippen molar-refractivity contribution in [2.45, 2.75) is 33.2 Å². The standard InChI is InChI=1S/C14H20FNO2/c1-4-16(5-2)13(9-14(17)18)11-7-6-10(3)12(15)8-11/h6-8,13H,4-5,9H2,1-3H3,(H,17,18). The summed E-state index contributed by atoms with van der Waals surface area (Å²) in [5, 5.41) is 8.99. The molecule has 1 N–H and O–H groups in total. The Morgan fingerprint density at radius 2 is 2.00 bits per heavy atom. The summed E-state index contributed by atoms with van der Waals surface area (Å²) in [6.45, 7) is 7.13. The van der Waals surface area contributed by atoms with E-state index in [9.17, 15) is 9.18 Å². The first-order valence-electron chi connectivity index (χ1n) is 6.21. The highest BCUT2D eigenvalue weighted by atomic mass is 19.1. The molecular formula is C14H20FNO2. The average molecular weight is 253 g/mol. The topological polar surface area (TPSA) is 40.5 Å². The molecule has 0 fully saturated rings. The second-order valence-corrected chi connectivity index (χ2v) is 4.34. The minimum Gasteiger partial charge on any atom is -0.481 e. The van der Waals surface area contributed by atoms with Crippen LogP contribution in [0.2, 0.25) is 0 Å². The zero-order chi connectivity index (χ0) is 13.7. The van der Waals surface area contributed by atoms with E-state index in [1.165, 1.54) is 6.07 Å². The van der Waals surface area contributed by atoms with Crippen LogP contribution in [0.4, 0.5) is 4.39 Å². The van der Waals surface area contributed by atoms with Crippen molar-refractivity contribution in [1.82, 2.24) is 4.90 Å². The first kappa shape index (κ1) is 14.6. The second-order valence-electron chi connectivity index (χ2n) is 4.34. The normalized spacial score (nSPS) is 12.7. The molecule has 0 aliphatic rings. The van der Waals surface area contributed by atoms with Crippen molar-refractivity contribution in [3.05, 3.63) is 35.1 Å². The van der Waals surface area contributed by atoms with Gasteiger partial charge < -0.3 is 5.11 Å². The van der Waals surface area contributed by atoms with Gasteiger partial charge in [-0.25, -0.2) is 4.39 Å². The first-order chi connectivity index (χ1) is 8.49. The van der Waals surface area contributed by atoms with Crippen LogP contribution in [0.15, 0.2) is 18.2 Å². The molecule has 1 rings (SSSR count). The number of hydrogen-bond acceptors (Lipinski definition) is 2. The molecule has 1 aromatic rings. The fourth-order valence-corrected chi connectivity index (χ4v) is 2.10. The Hall–Kier alpha value is -1.42. The summed E-state index contributed by atoms with van der Waals surface area (Å²) in [6.07, 6.45) is -0.00974. The van der Waals surface area contributed by atoms with Crippen LogP contribution >= 0.6 is 0 Å². The molecule has 0 aliphatic carbocycles. The number of hydrogen-bond donors (Lipinski definition) is 1. The van der Waals surface area contributed by atoms with Gasteiger partial charge in [0, 0.05) is 6.04 Å². The van der Waals surface area contributed by atoms with Gasteiger partial charge in [-0.3, -0.25) is 9.69 Å². The van der Waals surface area contributed by atoms with E-state index in [-0.39, 0.29) is 18.3 Å². The summed E-state index contributed by atoms with van der Waals surface area (Å²) in [5.74, 6) is -1.15. The van der Waals surface area contributed by atoms with Crippen molar-refractivity contribution in [2.24, 2.45) is 0 Å². The number of carboxylic acids is 1. The SMILES string of the molecule is CCN(CC)C(CC(=O)O)c1ccc(C)c(F)c1. The van der Waals surface area contributed by atoms with Crippen LogP contribution in [0.1, 0.15) is 37.4 Å². The number of carbonyl (C=O) groups is 1. The monoisotopic (exact) mass is 253 g/mol. The van der Waals surface area contributed by atoms with Crippen LogP contribution < -0.4 is 0 Å². The van der Waals surface area contributed by atoms with Crippen LogP contribution in [-0.2, 0) is 4.79 Å². The van der Waals surface area contributed by atoms with Crippen LogP contribution in [-0.4, -0.2) is 29.1 Å². The molecule has 18 heavy (non-hydrogen) atoms. The Balaban J connectivity index is 3.07. The van der Waals surface area contributed by atoms with E-state index in [0.717, 1.165) is 18.7 Å². The average Bonchev–Trinajstić information content (AvgIpc) is 2.32. The third-order valence-electron chi connectivity index (χ3n) is 3.20. The summed E-state index contributed by atoms with van der Waals surface area (Å²) in [7, 11) is 0. The van der Waals surface area contributed by atoms with Gasteiger partial charge >= 0.3 is 5.97 Å². The number of benzene rings is 1. The van der Waals surface area contributed by atoms with Crippen molar-refractivity contribution >= 4 is 5.97 Å². The molecule has 100 valence electrons. The van der Waals surface area contributed by atoms with E-state index in [1.807, 2.05) is 24.8 Å². The number of nitrogens with zero attached hydrogens (tertiary/aromatic N) is 1. The quantitative estimate of drug-likeness (QED) is 0.847. The van der Waals surface area contributed by atoms with Crippen molar-refractivity contribution in [3.63, 3.8) is 0 Å². The Morgan fingerprint density at radius 3 is 2.44 bits per heavy atom. The highest BCUT2D eigenvalue weighted by Crippen LogP contribution is 2.25. The predicted molar refractivity (Wildman–Crippen MR) is 69.1 cm³/mol. The van der Waals surface area contributed by atoms with Crippen molar-refractivity contribution in [1.29, 1.82) is 0 Å². The Morgan fingerprint density at radius 1 is 1.39 bits per heavy atom. The van der Waals surface area contributed by atoms with Crippen molar-refractivity contribution in [2.75, 3.05) is 13.1 Å². The number of carboxylic acid groups (broad SMARTS) is 1. The van der Waals surface area contributed by atoms with Gasteiger partial charge in [-0.05, 0) is 37.2 Å². The number of aliphatic carboxylic acids is 1. The molecule has 0 aromatic heterocycles. The fourth-order valence-electron chi connectivity index (χ4n) is 2.10. The first-order valence-corrected chi connectivity index (χ1v) is 6.21. The lowest BCUT2D eigenvalue weighted by molar-refractivity contribution is -0.138. The molecule has 1 atom stereocenters. The van der Waals surface area contributed by atoms with E-state index < -0.39 is 5.97 Å². The third-order valence-corrected chi connectivity index (χ3v) is 3.20. The van der Waals surface area contributed by atoms with E-state index >= 15 is 0 Å². The fraction of sp³-hybridized carbons (Fsp3) is 0.500. The van der Waals surface area contributed by atoms with E-state index in [2.05, 4.69) is 0 Å². The maximum absolute atomic E-state index is 13.6. The van der Waals surface area contributed by atoms with Gasteiger partial charge in [-0.1, -0.05) is 26.0 Å². The molecule has 0 spiro atoms. The lowest BCUT2D eigenvalue weighted by Gasteiger charge is -2.29. The molecule has 4 heteroatoms. The Kier molecular flexibility index (Phi) is 5.28. The maximum atomic E-state index is 13.6. The second kappa shape index (κ2) is 6.50. The van der Waals surface area contributed by atoms with Gasteiger partial charge in [-0.15, -0.1) is 0 Å². The van der Waals surface area contributed by atoms with Gasteiger partial charge in [0.25, 0.3) is 0 Å². The van der Waals surface area contributed by atoms with Crippen LogP contribution in [0.25, 0.3) is 0 Å². The van der Waals surface area contributed by atoms with Gasteiger partial charge in [0.15, 0.2) is 0 Å². The van der Waals surface area contributed by atoms with Gasteiger partial charge in [0.1, 0.15) is 5.82 Å². The summed E-state index contributed by atoms with van der Waals surface area (Å²) in [4.78, 5) is 13.0. The predicted octanol–water partition coefficient (Wildman–Crippen LogP) is 2.99. The van der Waals surface area contributed by atoms with Crippen LogP contribution in [0.3, 0.4) is 0 Å². The summed E-state index contributed by atoms with van der Waals surface area (Å²) in [5.41, 5.74) is 1.30. The highest BCUT2D eigenvalue weighted by Gasteiger charge is 2.21. The molecule has 3 nitrogen and oxygen atoms in total. The minimum atomic E-state index is -0.868. The van der Waals surface area contributed by atoms with Crippen LogP contribution in [0.5, 0.6) is 0 Å². The largest absolute Gasteiger partial charge is 0.481 e. The van der Waals surface area contributed by atoms with Crippen molar-refractivity contribution in [3.8, 4) is 0 Å². The zero-order valence-electron chi connectivity index (χ0n) is 11.1. The molecule has 1 unspecified atom stereocenters. The summed E-state index contributed by atoms with van der Waals surface area (Å²) < 4.78 is 13.6. The lowest BCUT2D eigenvalue weighted by atomic mass is 10.00. The molecule has 0 amide bonds. The van der Waals surface area contributed by atoms with E-state index in [4.69, 9.17) is 5.11 Å². The van der Waals surface area contributed by atoms with Crippen LogP contribution in [0, 0.1) is 12.7 Å². The van der Waals surface area contributed by atoms with Gasteiger partial charge in [0.2, 0.25) is 0 Å². The van der Waals surface area contributed by atoms with Gasteiger partial charge in [-0.2, -0.15) is 0 Å². The molecule has 0 saturated heterocycles.